The van der Waals surface area contributed by atoms with Gasteiger partial charge in [-0.25, -0.2) is 0 Å². The first-order valence-electron chi connectivity index (χ1n) is 4.95. The Balaban J connectivity index is 2.31. The molecule has 2 N–H and O–H groups in total. The maximum atomic E-state index is 12.3. The zero-order valence-corrected chi connectivity index (χ0v) is 8.99. The third kappa shape index (κ3) is 2.37. The van der Waals surface area contributed by atoms with Gasteiger partial charge < -0.3 is 10.2 Å². The SMILES string of the molecule is NC(=O)c1ccc(-c2ccc(C(F)(F)F)cc2)o1. The maximum absolute atomic E-state index is 12.3. The van der Waals surface area contributed by atoms with Crippen molar-refractivity contribution in [3.63, 3.8) is 0 Å². The molecule has 94 valence electrons. The van der Waals surface area contributed by atoms with E-state index in [0.717, 1.165) is 12.1 Å². The van der Waals surface area contributed by atoms with Gasteiger partial charge in [0.1, 0.15) is 5.76 Å². The predicted octanol–water partition coefficient (Wildman–Crippen LogP) is 3.06. The minimum absolute atomic E-state index is 0.0371. The van der Waals surface area contributed by atoms with Gasteiger partial charge in [-0.3, -0.25) is 4.79 Å². The number of rotatable bonds is 2. The number of primary amides is 1. The van der Waals surface area contributed by atoms with Crippen LogP contribution < -0.4 is 5.73 Å². The Morgan fingerprint density at radius 2 is 1.67 bits per heavy atom. The van der Waals surface area contributed by atoms with E-state index in [0.29, 0.717) is 5.56 Å². The Kier molecular flexibility index (Phi) is 2.86. The molecule has 0 atom stereocenters. The number of amides is 1. The van der Waals surface area contributed by atoms with E-state index in [9.17, 15) is 18.0 Å². The molecular formula is C12H8F3NO2. The van der Waals surface area contributed by atoms with Crippen LogP contribution in [0.3, 0.4) is 0 Å². The molecule has 1 aromatic carbocycles. The van der Waals surface area contributed by atoms with Gasteiger partial charge in [0.2, 0.25) is 0 Å². The van der Waals surface area contributed by atoms with Crippen molar-refractivity contribution in [2.45, 2.75) is 6.18 Å². The normalized spacial score (nSPS) is 11.5. The third-order valence-corrected chi connectivity index (χ3v) is 2.35. The molecule has 2 aromatic rings. The number of hydrogen-bond acceptors (Lipinski definition) is 2. The molecule has 3 nitrogen and oxygen atoms in total. The van der Waals surface area contributed by atoms with Crippen molar-refractivity contribution >= 4 is 5.91 Å². The summed E-state index contributed by atoms with van der Waals surface area (Å²) in [6.45, 7) is 0. The Morgan fingerprint density at radius 1 is 1.06 bits per heavy atom. The summed E-state index contributed by atoms with van der Waals surface area (Å²) in [5.74, 6) is -0.476. The topological polar surface area (TPSA) is 56.2 Å². The van der Waals surface area contributed by atoms with Crippen LogP contribution in [0, 0.1) is 0 Å². The summed E-state index contributed by atoms with van der Waals surface area (Å²) in [4.78, 5) is 10.8. The average Bonchev–Trinajstić information content (AvgIpc) is 2.77. The van der Waals surface area contributed by atoms with Gasteiger partial charge in [-0.05, 0) is 24.3 Å². The standard InChI is InChI=1S/C12H8F3NO2/c13-12(14,15)8-3-1-7(2-4-8)9-5-6-10(18-9)11(16)17/h1-6H,(H2,16,17). The summed E-state index contributed by atoms with van der Waals surface area (Å²) in [6.07, 6.45) is -4.37. The molecule has 1 amide bonds. The van der Waals surface area contributed by atoms with Crippen molar-refractivity contribution in [3.8, 4) is 11.3 Å². The highest BCUT2D eigenvalue weighted by atomic mass is 19.4. The van der Waals surface area contributed by atoms with Crippen LogP contribution in [-0.4, -0.2) is 5.91 Å². The van der Waals surface area contributed by atoms with Gasteiger partial charge in [0, 0.05) is 5.56 Å². The van der Waals surface area contributed by atoms with Crippen molar-refractivity contribution in [2.24, 2.45) is 5.73 Å². The van der Waals surface area contributed by atoms with Crippen LogP contribution in [0.25, 0.3) is 11.3 Å². The zero-order valence-electron chi connectivity index (χ0n) is 8.99. The lowest BCUT2D eigenvalue weighted by Gasteiger charge is -2.06. The van der Waals surface area contributed by atoms with Gasteiger partial charge in [-0.2, -0.15) is 13.2 Å². The van der Waals surface area contributed by atoms with Crippen molar-refractivity contribution in [1.29, 1.82) is 0 Å². The predicted molar refractivity (Wildman–Crippen MR) is 57.7 cm³/mol. The van der Waals surface area contributed by atoms with Crippen LogP contribution in [-0.2, 0) is 6.18 Å². The number of hydrogen-bond donors (Lipinski definition) is 1. The largest absolute Gasteiger partial charge is 0.451 e. The van der Waals surface area contributed by atoms with Crippen molar-refractivity contribution < 1.29 is 22.4 Å². The van der Waals surface area contributed by atoms with E-state index in [2.05, 4.69) is 0 Å². The number of furan rings is 1. The van der Waals surface area contributed by atoms with Gasteiger partial charge in [0.05, 0.1) is 5.56 Å². The highest BCUT2D eigenvalue weighted by Crippen LogP contribution is 2.31. The van der Waals surface area contributed by atoms with E-state index in [1.165, 1.54) is 24.3 Å². The van der Waals surface area contributed by atoms with Crippen LogP contribution in [0.2, 0.25) is 0 Å². The summed E-state index contributed by atoms with van der Waals surface area (Å²) in [7, 11) is 0. The minimum atomic E-state index is -4.37. The number of nitrogens with two attached hydrogens (primary N) is 1. The van der Waals surface area contributed by atoms with Crippen LogP contribution in [0.5, 0.6) is 0 Å². The summed E-state index contributed by atoms with van der Waals surface area (Å²) >= 11 is 0. The van der Waals surface area contributed by atoms with Crippen molar-refractivity contribution in [1.82, 2.24) is 0 Å². The van der Waals surface area contributed by atoms with Crippen molar-refractivity contribution in [3.05, 3.63) is 47.7 Å². The van der Waals surface area contributed by atoms with Gasteiger partial charge in [0.15, 0.2) is 5.76 Å². The Hall–Kier alpha value is -2.24. The molecule has 0 spiro atoms. The fourth-order valence-corrected chi connectivity index (χ4v) is 1.45. The molecule has 0 aliphatic heterocycles. The molecule has 1 aromatic heterocycles. The zero-order chi connectivity index (χ0) is 13.3. The lowest BCUT2D eigenvalue weighted by molar-refractivity contribution is -0.137. The Labute approximate surface area is 100 Å². The summed E-state index contributed by atoms with van der Waals surface area (Å²) in [5, 5.41) is 0. The lowest BCUT2D eigenvalue weighted by Crippen LogP contribution is -2.09. The van der Waals surface area contributed by atoms with Gasteiger partial charge >= 0.3 is 6.18 Å². The number of halogens is 3. The second kappa shape index (κ2) is 4.21. The second-order valence-corrected chi connectivity index (χ2v) is 3.60. The first kappa shape index (κ1) is 12.2. The second-order valence-electron chi connectivity index (χ2n) is 3.60. The summed E-state index contributed by atoms with van der Waals surface area (Å²) in [5.41, 5.74) is 4.70. The number of carbonyl (C=O) groups is 1. The molecule has 0 saturated heterocycles. The molecule has 2 rings (SSSR count). The fraction of sp³-hybridized carbons (Fsp3) is 0.0833. The molecule has 6 heteroatoms. The third-order valence-electron chi connectivity index (χ3n) is 2.35. The summed E-state index contributed by atoms with van der Waals surface area (Å²) in [6, 6.07) is 7.28. The average molecular weight is 255 g/mol. The number of alkyl halides is 3. The molecule has 0 unspecified atom stereocenters. The van der Waals surface area contributed by atoms with Gasteiger partial charge in [-0.1, -0.05) is 12.1 Å². The van der Waals surface area contributed by atoms with Crippen LogP contribution >= 0.6 is 0 Å². The molecule has 1 heterocycles. The smallest absolute Gasteiger partial charge is 0.416 e. The Bertz CT molecular complexity index is 570. The summed E-state index contributed by atoms with van der Waals surface area (Å²) < 4.78 is 42.1. The van der Waals surface area contributed by atoms with Crippen LogP contribution in [0.15, 0.2) is 40.8 Å². The molecule has 0 bridgehead atoms. The Morgan fingerprint density at radius 3 is 2.11 bits per heavy atom. The highest BCUT2D eigenvalue weighted by Gasteiger charge is 2.30. The fourth-order valence-electron chi connectivity index (χ4n) is 1.45. The van der Waals surface area contributed by atoms with Gasteiger partial charge in [-0.15, -0.1) is 0 Å². The van der Waals surface area contributed by atoms with Gasteiger partial charge in [0.25, 0.3) is 5.91 Å². The van der Waals surface area contributed by atoms with E-state index in [1.807, 2.05) is 0 Å². The van der Waals surface area contributed by atoms with E-state index in [1.54, 1.807) is 0 Å². The monoisotopic (exact) mass is 255 g/mol. The molecule has 0 aliphatic carbocycles. The molecular weight excluding hydrogens is 247 g/mol. The molecule has 18 heavy (non-hydrogen) atoms. The molecule has 0 radical (unpaired) electrons. The lowest BCUT2D eigenvalue weighted by atomic mass is 10.1. The minimum Gasteiger partial charge on any atom is -0.451 e. The van der Waals surface area contributed by atoms with E-state index in [-0.39, 0.29) is 11.5 Å². The molecule has 0 fully saturated rings. The quantitative estimate of drug-likeness (QED) is 0.896. The van der Waals surface area contributed by atoms with Crippen LogP contribution in [0.1, 0.15) is 16.1 Å². The first-order chi connectivity index (χ1) is 8.38. The van der Waals surface area contributed by atoms with E-state index >= 15 is 0 Å². The highest BCUT2D eigenvalue weighted by molar-refractivity contribution is 5.90. The van der Waals surface area contributed by atoms with Crippen LogP contribution in [0.4, 0.5) is 13.2 Å². The molecule has 0 saturated carbocycles. The van der Waals surface area contributed by atoms with E-state index in [4.69, 9.17) is 10.2 Å². The van der Waals surface area contributed by atoms with E-state index < -0.39 is 17.6 Å². The first-order valence-corrected chi connectivity index (χ1v) is 4.95. The number of carbonyl (C=O) groups excluding carboxylic acids is 1. The maximum Gasteiger partial charge on any atom is 0.416 e. The van der Waals surface area contributed by atoms with Crippen molar-refractivity contribution in [2.75, 3.05) is 0 Å². The molecule has 0 aliphatic rings. The number of benzene rings is 1.